The smallest absolute Gasteiger partial charge is 0.135 e. The topological polar surface area (TPSA) is 71.5 Å². The minimum Gasteiger partial charge on any atom is -0.457 e. The molecule has 0 amide bonds. The first-order chi connectivity index (χ1) is 13.5. The lowest BCUT2D eigenvalue weighted by atomic mass is 10.0. The minimum atomic E-state index is 0.508. The molecule has 0 aliphatic rings. The number of nitrogens with zero attached hydrogens (tertiary/aromatic N) is 1. The number of nitrogens with two attached hydrogens (primary N) is 1. The zero-order valence-electron chi connectivity index (χ0n) is 17.0. The van der Waals surface area contributed by atoms with Gasteiger partial charge in [0.25, 0.3) is 0 Å². The van der Waals surface area contributed by atoms with Gasteiger partial charge in [0.05, 0.1) is 0 Å². The highest BCUT2D eigenvalue weighted by molar-refractivity contribution is 5.83. The molecule has 4 nitrogen and oxygen atoms in total. The summed E-state index contributed by atoms with van der Waals surface area (Å²) in [4.78, 5) is 4.51. The molecule has 0 unspecified atom stereocenters. The minimum absolute atomic E-state index is 0.508. The maximum Gasteiger partial charge on any atom is 0.135 e. The van der Waals surface area contributed by atoms with Crippen molar-refractivity contribution in [2.24, 2.45) is 10.7 Å². The van der Waals surface area contributed by atoms with Gasteiger partial charge >= 0.3 is 0 Å². The SMILES string of the molecule is C=C(/C=C(/C)N=C(C)CC)Oc1cc(C=N)ccc1-c1ccc(CCN)cc1. The Morgan fingerprint density at radius 1 is 1.18 bits per heavy atom. The molecule has 2 aromatic carbocycles. The summed E-state index contributed by atoms with van der Waals surface area (Å²) >= 11 is 0. The van der Waals surface area contributed by atoms with Crippen molar-refractivity contribution in [1.82, 2.24) is 0 Å². The first-order valence-corrected chi connectivity index (χ1v) is 9.50. The Balaban J connectivity index is 2.33. The van der Waals surface area contributed by atoms with Crippen LogP contribution >= 0.6 is 0 Å². The molecule has 0 bridgehead atoms. The molecule has 146 valence electrons. The molecule has 4 heteroatoms. The van der Waals surface area contributed by atoms with Crippen LogP contribution in [0.5, 0.6) is 5.75 Å². The Hall–Kier alpha value is -2.98. The normalized spacial score (nSPS) is 12.0. The predicted octanol–water partition coefficient (Wildman–Crippen LogP) is 5.52. The molecule has 0 atom stereocenters. The molecule has 0 saturated heterocycles. The molecule has 0 spiro atoms. The van der Waals surface area contributed by atoms with Gasteiger partial charge in [-0.25, -0.2) is 0 Å². The second kappa shape index (κ2) is 10.4. The van der Waals surface area contributed by atoms with Crippen molar-refractivity contribution in [2.75, 3.05) is 6.54 Å². The van der Waals surface area contributed by atoms with E-state index in [9.17, 15) is 0 Å². The van der Waals surface area contributed by atoms with Crippen LogP contribution in [0.3, 0.4) is 0 Å². The summed E-state index contributed by atoms with van der Waals surface area (Å²) in [5, 5.41) is 7.54. The molecular formula is C24H29N3O. The van der Waals surface area contributed by atoms with Gasteiger partial charge < -0.3 is 15.9 Å². The van der Waals surface area contributed by atoms with E-state index in [4.69, 9.17) is 15.9 Å². The molecule has 0 aliphatic heterocycles. The number of hydrogen-bond donors (Lipinski definition) is 2. The van der Waals surface area contributed by atoms with Crippen LogP contribution in [-0.2, 0) is 6.42 Å². The Kier molecular flexibility index (Phi) is 7.90. The van der Waals surface area contributed by atoms with Gasteiger partial charge in [0, 0.05) is 29.3 Å². The molecule has 0 heterocycles. The number of aliphatic imine (C=N–C) groups is 1. The predicted molar refractivity (Wildman–Crippen MR) is 119 cm³/mol. The van der Waals surface area contributed by atoms with Crippen LogP contribution in [0.15, 0.2) is 71.6 Å². The highest BCUT2D eigenvalue weighted by atomic mass is 16.5. The van der Waals surface area contributed by atoms with E-state index >= 15 is 0 Å². The number of hydrogen-bond acceptors (Lipinski definition) is 4. The summed E-state index contributed by atoms with van der Waals surface area (Å²) in [5.74, 6) is 1.17. The van der Waals surface area contributed by atoms with Gasteiger partial charge in [0.1, 0.15) is 11.5 Å². The van der Waals surface area contributed by atoms with Gasteiger partial charge in [-0.1, -0.05) is 43.8 Å². The third-order valence-electron chi connectivity index (χ3n) is 4.36. The highest BCUT2D eigenvalue weighted by Crippen LogP contribution is 2.32. The van der Waals surface area contributed by atoms with Gasteiger partial charge in [-0.15, -0.1) is 0 Å². The van der Waals surface area contributed by atoms with Crippen LogP contribution in [0, 0.1) is 5.41 Å². The molecule has 3 N–H and O–H groups in total. The summed E-state index contributed by atoms with van der Waals surface area (Å²) < 4.78 is 6.04. The van der Waals surface area contributed by atoms with Crippen molar-refractivity contribution in [1.29, 1.82) is 5.41 Å². The molecule has 2 rings (SSSR count). The van der Waals surface area contributed by atoms with Crippen LogP contribution in [0.25, 0.3) is 11.1 Å². The van der Waals surface area contributed by atoms with E-state index < -0.39 is 0 Å². The van der Waals surface area contributed by atoms with E-state index in [1.165, 1.54) is 11.8 Å². The maximum absolute atomic E-state index is 7.54. The molecule has 28 heavy (non-hydrogen) atoms. The largest absolute Gasteiger partial charge is 0.457 e. The van der Waals surface area contributed by atoms with Crippen molar-refractivity contribution >= 4 is 11.9 Å². The third kappa shape index (κ3) is 6.03. The van der Waals surface area contributed by atoms with Crippen molar-refractivity contribution in [2.45, 2.75) is 33.6 Å². The molecule has 0 saturated carbocycles. The average Bonchev–Trinajstić information content (AvgIpc) is 2.68. The molecular weight excluding hydrogens is 346 g/mol. The van der Waals surface area contributed by atoms with Crippen LogP contribution in [0.2, 0.25) is 0 Å². The quantitative estimate of drug-likeness (QED) is 0.344. The molecule has 0 aliphatic carbocycles. The lowest BCUT2D eigenvalue weighted by molar-refractivity contribution is 0.448. The summed E-state index contributed by atoms with van der Waals surface area (Å²) in [6, 6.07) is 14.0. The zero-order chi connectivity index (χ0) is 20.5. The van der Waals surface area contributed by atoms with Crippen molar-refractivity contribution in [3.05, 3.63) is 77.7 Å². The van der Waals surface area contributed by atoms with Crippen LogP contribution in [0.4, 0.5) is 0 Å². The molecule has 0 fully saturated rings. The van der Waals surface area contributed by atoms with Crippen molar-refractivity contribution in [3.63, 3.8) is 0 Å². The first-order valence-electron chi connectivity index (χ1n) is 9.50. The fraction of sp³-hybridized carbons (Fsp3) is 0.250. The Bertz CT molecular complexity index is 893. The van der Waals surface area contributed by atoms with E-state index in [0.717, 1.165) is 40.9 Å². The zero-order valence-corrected chi connectivity index (χ0v) is 17.0. The fourth-order valence-electron chi connectivity index (χ4n) is 2.79. The Morgan fingerprint density at radius 2 is 1.89 bits per heavy atom. The monoisotopic (exact) mass is 375 g/mol. The van der Waals surface area contributed by atoms with E-state index in [1.54, 1.807) is 0 Å². The second-order valence-corrected chi connectivity index (χ2v) is 6.69. The summed E-state index contributed by atoms with van der Waals surface area (Å²) in [7, 11) is 0. The number of allylic oxidation sites excluding steroid dienone is 2. The number of benzene rings is 2. The van der Waals surface area contributed by atoms with Crippen LogP contribution in [0.1, 0.15) is 38.3 Å². The first kappa shape index (κ1) is 21.3. The van der Waals surface area contributed by atoms with Crippen molar-refractivity contribution < 1.29 is 4.74 Å². The molecule has 0 aromatic heterocycles. The third-order valence-corrected chi connectivity index (χ3v) is 4.36. The lowest BCUT2D eigenvalue weighted by Crippen LogP contribution is -2.02. The van der Waals surface area contributed by atoms with E-state index in [2.05, 4.69) is 42.8 Å². The van der Waals surface area contributed by atoms with E-state index in [1.807, 2.05) is 38.1 Å². The van der Waals surface area contributed by atoms with E-state index in [-0.39, 0.29) is 0 Å². The summed E-state index contributed by atoms with van der Waals surface area (Å²) in [5.41, 5.74) is 11.5. The summed E-state index contributed by atoms with van der Waals surface area (Å²) in [6.07, 6.45) is 4.89. The standard InChI is InChI=1S/C24H29N3O/c1-5-17(2)27-18(3)14-19(4)28-24-15-21(16-26)8-11-23(24)22-9-6-20(7-10-22)12-13-25/h6-11,14-16,26H,4-5,12-13,25H2,1-3H3/b18-14-,26-16?,27-17?. The number of nitrogens with one attached hydrogen (secondary N) is 1. The maximum atomic E-state index is 7.54. The Labute approximate surface area is 168 Å². The van der Waals surface area contributed by atoms with Gasteiger partial charge in [0.2, 0.25) is 0 Å². The highest BCUT2D eigenvalue weighted by Gasteiger charge is 2.09. The number of rotatable bonds is 9. The van der Waals surface area contributed by atoms with Gasteiger partial charge in [0.15, 0.2) is 0 Å². The second-order valence-electron chi connectivity index (χ2n) is 6.69. The molecule has 0 radical (unpaired) electrons. The summed E-state index contributed by atoms with van der Waals surface area (Å²) in [6.45, 7) is 10.7. The number of ether oxygens (including phenoxy) is 1. The van der Waals surface area contributed by atoms with E-state index in [0.29, 0.717) is 18.1 Å². The van der Waals surface area contributed by atoms with Crippen LogP contribution < -0.4 is 10.5 Å². The fourth-order valence-corrected chi connectivity index (χ4v) is 2.79. The lowest BCUT2D eigenvalue weighted by Gasteiger charge is -2.13. The van der Waals surface area contributed by atoms with Crippen molar-refractivity contribution in [3.8, 4) is 16.9 Å². The van der Waals surface area contributed by atoms with Gasteiger partial charge in [-0.3, -0.25) is 4.99 Å². The average molecular weight is 376 g/mol. The molecule has 2 aromatic rings. The van der Waals surface area contributed by atoms with Gasteiger partial charge in [-0.05, 0) is 62.1 Å². The van der Waals surface area contributed by atoms with Gasteiger partial charge in [-0.2, -0.15) is 0 Å². The van der Waals surface area contributed by atoms with Crippen LogP contribution in [-0.4, -0.2) is 18.5 Å². The Morgan fingerprint density at radius 3 is 2.50 bits per heavy atom.